The number of piperidine rings is 1. The lowest BCUT2D eigenvalue weighted by atomic mass is 9.84. The molecule has 0 unspecified atom stereocenters. The molecule has 2 saturated heterocycles. The third kappa shape index (κ3) is 8.79. The molecule has 4 atom stereocenters. The summed E-state index contributed by atoms with van der Waals surface area (Å²) < 4.78 is 5.57. The molecule has 0 aromatic heterocycles. The number of carbonyl (C=O) groups excluding carboxylic acids is 4. The summed E-state index contributed by atoms with van der Waals surface area (Å²) in [4.78, 5) is 58.8. The highest BCUT2D eigenvalue weighted by Crippen LogP contribution is 2.27. The molecule has 2 aliphatic heterocycles. The summed E-state index contributed by atoms with van der Waals surface area (Å²) in [5.74, 6) is -0.902. The minimum absolute atomic E-state index is 0.0118. The van der Waals surface area contributed by atoms with E-state index in [-0.39, 0.29) is 41.7 Å². The maximum atomic E-state index is 13.9. The molecule has 2 fully saturated rings. The molecule has 3 amide bonds. The second-order valence-electron chi connectivity index (χ2n) is 14.0. The zero-order chi connectivity index (χ0) is 30.6. The first-order valence-electron chi connectivity index (χ1n) is 14.8. The smallest absolute Gasteiger partial charge is 0.329 e. The van der Waals surface area contributed by atoms with Crippen LogP contribution in [0.2, 0.25) is 0 Å². The van der Waals surface area contributed by atoms with Crippen LogP contribution in [0.4, 0.5) is 0 Å². The maximum absolute atomic E-state index is 13.9. The van der Waals surface area contributed by atoms with Gasteiger partial charge in [-0.3, -0.25) is 19.3 Å². The van der Waals surface area contributed by atoms with Crippen molar-refractivity contribution in [2.75, 3.05) is 27.2 Å². The Morgan fingerprint density at radius 3 is 2.08 bits per heavy atom. The lowest BCUT2D eigenvalue weighted by Crippen LogP contribution is -2.59. The molecule has 40 heavy (non-hydrogen) atoms. The molecule has 2 rings (SSSR count). The Morgan fingerprint density at radius 2 is 1.55 bits per heavy atom. The van der Waals surface area contributed by atoms with E-state index in [0.717, 1.165) is 32.2 Å². The van der Waals surface area contributed by atoms with Crippen LogP contribution in [0.1, 0.15) is 94.4 Å². The summed E-state index contributed by atoms with van der Waals surface area (Å²) in [6.07, 6.45) is 5.98. The van der Waals surface area contributed by atoms with Crippen molar-refractivity contribution in [1.29, 1.82) is 0 Å². The number of nitrogens with zero attached hydrogens (tertiary/aromatic N) is 3. The molecule has 9 heteroatoms. The molecule has 2 aliphatic rings. The van der Waals surface area contributed by atoms with Crippen molar-refractivity contribution in [1.82, 2.24) is 20.0 Å². The summed E-state index contributed by atoms with van der Waals surface area (Å²) in [6, 6.07) is -1.94. The molecule has 0 aromatic rings. The van der Waals surface area contributed by atoms with Gasteiger partial charge in [0.1, 0.15) is 17.7 Å². The highest BCUT2D eigenvalue weighted by atomic mass is 16.6. The van der Waals surface area contributed by atoms with Crippen LogP contribution in [0, 0.1) is 11.3 Å². The van der Waals surface area contributed by atoms with Crippen LogP contribution in [0.3, 0.4) is 0 Å². The van der Waals surface area contributed by atoms with E-state index in [1.165, 1.54) is 0 Å². The number of hydrogen-bond donors (Lipinski definition) is 1. The van der Waals surface area contributed by atoms with Gasteiger partial charge in [0.05, 0.1) is 12.1 Å². The molecule has 1 N–H and O–H groups in total. The first-order chi connectivity index (χ1) is 18.3. The van der Waals surface area contributed by atoms with E-state index in [4.69, 9.17) is 4.74 Å². The minimum Gasteiger partial charge on any atom is -0.458 e. The monoisotopic (exact) mass is 562 g/mol. The van der Waals surface area contributed by atoms with Gasteiger partial charge in [0.2, 0.25) is 17.7 Å². The molecule has 0 radical (unpaired) electrons. The summed E-state index contributed by atoms with van der Waals surface area (Å²) in [6.45, 7) is 18.4. The van der Waals surface area contributed by atoms with Crippen LogP contribution < -0.4 is 5.32 Å². The van der Waals surface area contributed by atoms with Crippen LogP contribution in [0.15, 0.2) is 11.6 Å². The fourth-order valence-electron chi connectivity index (χ4n) is 5.57. The average molecular weight is 563 g/mol. The Hall–Kier alpha value is -2.42. The van der Waals surface area contributed by atoms with Crippen molar-refractivity contribution >= 4 is 23.7 Å². The highest BCUT2D eigenvalue weighted by Gasteiger charge is 2.40. The van der Waals surface area contributed by atoms with Crippen LogP contribution in [-0.4, -0.2) is 95.3 Å². The van der Waals surface area contributed by atoms with Gasteiger partial charge in [-0.25, -0.2) is 4.79 Å². The van der Waals surface area contributed by atoms with Gasteiger partial charge in [-0.1, -0.05) is 47.1 Å². The largest absolute Gasteiger partial charge is 0.458 e. The third-order valence-corrected chi connectivity index (χ3v) is 7.90. The molecule has 0 aliphatic carbocycles. The molecule has 228 valence electrons. The van der Waals surface area contributed by atoms with Crippen LogP contribution in [0.5, 0.6) is 0 Å². The van der Waals surface area contributed by atoms with Gasteiger partial charge in [0.15, 0.2) is 0 Å². The van der Waals surface area contributed by atoms with E-state index in [1.54, 1.807) is 23.8 Å². The maximum Gasteiger partial charge on any atom is 0.329 e. The van der Waals surface area contributed by atoms with Crippen molar-refractivity contribution in [2.45, 2.75) is 124 Å². The number of rotatable bonds is 8. The first-order valence-corrected chi connectivity index (χ1v) is 14.8. The summed E-state index contributed by atoms with van der Waals surface area (Å²) >= 11 is 0. The Morgan fingerprint density at radius 1 is 0.950 bits per heavy atom. The number of esters is 1. The third-order valence-electron chi connectivity index (χ3n) is 7.90. The fraction of sp³-hybridized carbons (Fsp3) is 0.806. The lowest BCUT2D eigenvalue weighted by molar-refractivity contribution is -0.162. The number of ether oxygens (including phenoxy) is 1. The molecule has 0 bridgehead atoms. The molecule has 0 spiro atoms. The average Bonchev–Trinajstić information content (AvgIpc) is 3.32. The molecule has 9 nitrogen and oxygen atoms in total. The van der Waals surface area contributed by atoms with Crippen LogP contribution in [0.25, 0.3) is 0 Å². The van der Waals surface area contributed by atoms with Crippen molar-refractivity contribution < 1.29 is 23.9 Å². The lowest BCUT2D eigenvalue weighted by Gasteiger charge is -2.39. The van der Waals surface area contributed by atoms with Gasteiger partial charge in [0, 0.05) is 19.2 Å². The summed E-state index contributed by atoms with van der Waals surface area (Å²) in [5, 5.41) is 3.07. The SMILES string of the molecule is C/C(=C\[C@H](C(C)C)N(C)C(=O)[C@@H](NC(=O)[C@H]1CCCCN1C)C(C)(C)C)C(=O)N1CCC[C@H]1C(=O)OC(C)(C)C. The van der Waals surface area contributed by atoms with E-state index in [9.17, 15) is 19.2 Å². The quantitative estimate of drug-likeness (QED) is 0.357. The van der Waals surface area contributed by atoms with Crippen molar-refractivity contribution in [3.8, 4) is 0 Å². The first kappa shape index (κ1) is 33.8. The normalized spacial score (nSPS) is 22.6. The molecular weight excluding hydrogens is 508 g/mol. The number of nitrogens with one attached hydrogen (secondary N) is 1. The van der Waals surface area contributed by atoms with Gasteiger partial charge >= 0.3 is 5.97 Å². The van der Waals surface area contributed by atoms with Gasteiger partial charge in [-0.2, -0.15) is 0 Å². The van der Waals surface area contributed by atoms with Gasteiger partial charge in [-0.05, 0) is 78.3 Å². The predicted octanol–water partition coefficient (Wildman–Crippen LogP) is 3.76. The van der Waals surface area contributed by atoms with Gasteiger partial charge < -0.3 is 19.9 Å². The Kier molecular flexibility index (Phi) is 11.4. The number of likely N-dealkylation sites (tertiary alicyclic amines) is 2. The van der Waals surface area contributed by atoms with Crippen LogP contribution >= 0.6 is 0 Å². The highest BCUT2D eigenvalue weighted by molar-refractivity contribution is 5.96. The zero-order valence-corrected chi connectivity index (χ0v) is 26.8. The second kappa shape index (κ2) is 13.5. The second-order valence-corrected chi connectivity index (χ2v) is 14.0. The summed E-state index contributed by atoms with van der Waals surface area (Å²) in [5.41, 5.74) is -0.661. The van der Waals surface area contributed by atoms with Crippen molar-refractivity contribution in [2.24, 2.45) is 11.3 Å². The Balaban J connectivity index is 2.25. The van der Waals surface area contributed by atoms with E-state index in [2.05, 4.69) is 10.2 Å². The van der Waals surface area contributed by atoms with E-state index < -0.39 is 23.1 Å². The van der Waals surface area contributed by atoms with Crippen molar-refractivity contribution in [3.05, 3.63) is 11.6 Å². The fourth-order valence-corrected chi connectivity index (χ4v) is 5.57. The topological polar surface area (TPSA) is 99.3 Å². The zero-order valence-electron chi connectivity index (χ0n) is 26.8. The minimum atomic E-state index is -0.721. The van der Waals surface area contributed by atoms with Crippen molar-refractivity contribution in [3.63, 3.8) is 0 Å². The van der Waals surface area contributed by atoms with Gasteiger partial charge in [-0.15, -0.1) is 0 Å². The predicted molar refractivity (Wildman–Crippen MR) is 157 cm³/mol. The molecule has 0 aromatic carbocycles. The number of amides is 3. The Bertz CT molecular complexity index is 962. The molecular formula is C31H54N4O5. The van der Waals surface area contributed by atoms with E-state index in [1.807, 2.05) is 68.5 Å². The van der Waals surface area contributed by atoms with Gasteiger partial charge in [0.25, 0.3) is 0 Å². The standard InChI is InChI=1S/C31H54N4O5/c1-20(2)24(19-21(3)27(37)35-18-14-16-23(35)29(39)40-31(7,8)9)34(11)28(38)25(30(4,5)6)32-26(36)22-15-12-13-17-33(22)10/h19-20,22-25H,12-18H2,1-11H3,(H,32,36)/b21-19+/t22-,23+,24-,25-/m1/s1. The number of likely N-dealkylation sites (N-methyl/N-ethyl adjacent to an activating group) is 2. The summed E-state index contributed by atoms with van der Waals surface area (Å²) in [7, 11) is 3.69. The molecule has 2 heterocycles. The Labute approximate surface area is 242 Å². The van der Waals surface area contributed by atoms with E-state index >= 15 is 0 Å². The van der Waals surface area contributed by atoms with E-state index in [0.29, 0.717) is 18.5 Å². The van der Waals surface area contributed by atoms with Crippen LogP contribution in [-0.2, 0) is 23.9 Å². The number of carbonyl (C=O) groups is 4. The molecule has 0 saturated carbocycles. The number of hydrogen-bond acceptors (Lipinski definition) is 6.